The van der Waals surface area contributed by atoms with Crippen molar-refractivity contribution in [1.82, 2.24) is 0 Å². The average Bonchev–Trinajstić information content (AvgIpc) is 3.11. The van der Waals surface area contributed by atoms with Crippen molar-refractivity contribution in [3.63, 3.8) is 0 Å². The van der Waals surface area contributed by atoms with Crippen LogP contribution < -0.4 is 62.2 Å². The van der Waals surface area contributed by atoms with Crippen LogP contribution in [0.5, 0.6) is 0 Å². The smallest absolute Gasteiger partial charge is 0.456 e. The fourth-order valence-corrected chi connectivity index (χ4v) is 4.34. The van der Waals surface area contributed by atoms with Crippen molar-refractivity contribution in [3.05, 3.63) is 82.9 Å². The van der Waals surface area contributed by atoms with Gasteiger partial charge >= 0.3 is 70.4 Å². The van der Waals surface area contributed by atoms with Crippen molar-refractivity contribution in [2.75, 3.05) is 11.9 Å². The minimum atomic E-state index is -5.44. The zero-order chi connectivity index (χ0) is 26.3. The van der Waals surface area contributed by atoms with Gasteiger partial charge in [-0.05, 0) is 55.5 Å². The van der Waals surface area contributed by atoms with E-state index >= 15 is 0 Å². The van der Waals surface area contributed by atoms with Crippen molar-refractivity contribution < 1.29 is 83.4 Å². The average molecular weight is 535 g/mol. The van der Waals surface area contributed by atoms with E-state index in [9.17, 15) is 22.5 Å². The number of esters is 1. The number of nitrogens with one attached hydrogen (secondary N) is 1. The number of hydrogen-bond acceptors (Lipinski definition) is 4. The van der Waals surface area contributed by atoms with Crippen molar-refractivity contribution >= 4 is 30.2 Å². The van der Waals surface area contributed by atoms with E-state index in [4.69, 9.17) is 9.47 Å². The van der Waals surface area contributed by atoms with Gasteiger partial charge in [0.05, 0.1) is 5.56 Å². The quantitative estimate of drug-likeness (QED) is 0.402. The van der Waals surface area contributed by atoms with Crippen LogP contribution >= 0.6 is 0 Å². The number of hydrogen-bond donors (Lipinski definition) is 1. The van der Waals surface area contributed by atoms with Crippen LogP contribution in [0.2, 0.25) is 0 Å². The Kier molecular flexibility index (Phi) is 9.02. The Hall–Kier alpha value is -2.11. The maximum atomic E-state index is 13.6. The molecule has 0 unspecified atom stereocenters. The number of amides is 1. The summed E-state index contributed by atoms with van der Waals surface area (Å²) in [6, 6.07) is 17.2. The summed E-state index contributed by atoms with van der Waals surface area (Å²) in [4.78, 5) is 25.3. The summed E-state index contributed by atoms with van der Waals surface area (Å²) in [5.41, 5.74) is 1.94. The molecule has 0 saturated carbocycles. The second kappa shape index (κ2) is 11.3. The van der Waals surface area contributed by atoms with Gasteiger partial charge in [0.2, 0.25) is 0 Å². The first-order chi connectivity index (χ1) is 16.8. The van der Waals surface area contributed by atoms with Crippen LogP contribution in [-0.2, 0) is 9.47 Å². The molecule has 5 nitrogen and oxygen atoms in total. The fourth-order valence-electron chi connectivity index (χ4n) is 4.34. The zero-order valence-corrected chi connectivity index (χ0v) is 24.5. The van der Waals surface area contributed by atoms with Gasteiger partial charge in [0.15, 0.2) is 0 Å². The molecule has 0 fully saturated rings. The van der Waals surface area contributed by atoms with Gasteiger partial charge in [-0.1, -0.05) is 60.7 Å². The Morgan fingerprint density at radius 1 is 0.946 bits per heavy atom. The van der Waals surface area contributed by atoms with E-state index < -0.39 is 30.1 Å². The minimum absolute atomic E-state index is 0. The van der Waals surface area contributed by atoms with Gasteiger partial charge in [0, 0.05) is 11.6 Å². The Balaban J connectivity index is 0.00000380. The molecule has 0 atom stereocenters. The second-order valence-electron chi connectivity index (χ2n) is 9.77. The summed E-state index contributed by atoms with van der Waals surface area (Å²) >= 11 is 0. The molecule has 0 spiro atoms. The molecule has 0 heterocycles. The molecule has 1 aliphatic rings. The third-order valence-electron chi connectivity index (χ3n) is 6.01. The van der Waals surface area contributed by atoms with Crippen molar-refractivity contribution in [2.45, 2.75) is 39.2 Å². The van der Waals surface area contributed by atoms with Crippen LogP contribution in [0, 0.1) is 6.92 Å². The van der Waals surface area contributed by atoms with Crippen LogP contribution in [0.25, 0.3) is 11.1 Å². The Labute approximate surface area is 256 Å². The monoisotopic (exact) mass is 535 g/mol. The summed E-state index contributed by atoms with van der Waals surface area (Å²) in [5.74, 6) is -1.11. The molecular formula is C27H26BF3KNO4. The van der Waals surface area contributed by atoms with Gasteiger partial charge < -0.3 is 22.4 Å². The molecule has 3 aromatic carbocycles. The number of carbonyl (C=O) groups is 2. The number of halogens is 3. The summed E-state index contributed by atoms with van der Waals surface area (Å²) in [7, 11) is 0. The molecule has 4 rings (SSSR count). The first-order valence-electron chi connectivity index (χ1n) is 11.5. The predicted octanol–water partition coefficient (Wildman–Crippen LogP) is 3.37. The Bertz CT molecular complexity index is 1290. The van der Waals surface area contributed by atoms with E-state index in [1.807, 2.05) is 48.5 Å². The fraction of sp³-hybridized carbons (Fsp3) is 0.259. The standard InChI is InChI=1S/C27H26BF3NO4.K/c1-16-22(25(33)36-27(2,3)4)13-17(28(29,30)31)14-24(16)32-26(34)35-15-23-20-11-7-5-9-18(20)19-10-6-8-12-21(19)23;/h5-14,23H,15H2,1-4H3,(H,32,34);/q-1;+1. The molecule has 188 valence electrons. The third kappa shape index (κ3) is 6.67. The zero-order valence-electron chi connectivity index (χ0n) is 21.4. The SMILES string of the molecule is Cc1c(NC(=O)OCC2c3ccccc3-c3ccccc32)cc([B-](F)(F)F)cc1C(=O)OC(C)(C)C.[K+]. The normalized spacial score (nSPS) is 12.7. The van der Waals surface area contributed by atoms with Crippen LogP contribution in [0.1, 0.15) is 53.7 Å². The summed E-state index contributed by atoms with van der Waals surface area (Å²) in [6.45, 7) is 0.871. The van der Waals surface area contributed by atoms with Crippen LogP contribution in [0.3, 0.4) is 0 Å². The molecular weight excluding hydrogens is 509 g/mol. The topological polar surface area (TPSA) is 64.6 Å². The molecule has 1 N–H and O–H groups in total. The maximum absolute atomic E-state index is 13.6. The van der Waals surface area contributed by atoms with Crippen LogP contribution in [0.15, 0.2) is 60.7 Å². The number of carbonyl (C=O) groups excluding carboxylic acids is 2. The molecule has 0 bridgehead atoms. The van der Waals surface area contributed by atoms with E-state index in [0.717, 1.165) is 34.4 Å². The van der Waals surface area contributed by atoms with Gasteiger partial charge in [0.1, 0.15) is 12.2 Å². The van der Waals surface area contributed by atoms with Crippen molar-refractivity contribution in [3.8, 4) is 11.1 Å². The van der Waals surface area contributed by atoms with Crippen molar-refractivity contribution in [1.29, 1.82) is 0 Å². The minimum Gasteiger partial charge on any atom is -0.456 e. The van der Waals surface area contributed by atoms with Gasteiger partial charge in [-0.15, -0.1) is 5.46 Å². The molecule has 0 radical (unpaired) electrons. The molecule has 0 aromatic heterocycles. The number of benzene rings is 3. The Morgan fingerprint density at radius 3 is 2.00 bits per heavy atom. The van der Waals surface area contributed by atoms with Gasteiger partial charge in [-0.2, -0.15) is 0 Å². The Morgan fingerprint density at radius 2 is 1.49 bits per heavy atom. The van der Waals surface area contributed by atoms with Gasteiger partial charge in [-0.25, -0.2) is 9.59 Å². The first-order valence-corrected chi connectivity index (χ1v) is 11.5. The molecule has 1 amide bonds. The van der Waals surface area contributed by atoms with Crippen LogP contribution in [-0.4, -0.2) is 31.2 Å². The molecule has 37 heavy (non-hydrogen) atoms. The van der Waals surface area contributed by atoms with Crippen LogP contribution in [0.4, 0.5) is 23.4 Å². The number of fused-ring (bicyclic) bond motifs is 3. The van der Waals surface area contributed by atoms with E-state index in [2.05, 4.69) is 5.32 Å². The number of rotatable bonds is 5. The predicted molar refractivity (Wildman–Crippen MR) is 134 cm³/mol. The van der Waals surface area contributed by atoms with E-state index in [0.29, 0.717) is 0 Å². The van der Waals surface area contributed by atoms with Crippen molar-refractivity contribution in [2.24, 2.45) is 0 Å². The number of ether oxygens (including phenoxy) is 2. The first kappa shape index (κ1) is 29.4. The second-order valence-corrected chi connectivity index (χ2v) is 9.77. The van der Waals surface area contributed by atoms with Gasteiger partial charge in [0.25, 0.3) is 0 Å². The van der Waals surface area contributed by atoms with E-state index in [1.165, 1.54) is 6.92 Å². The molecule has 1 aliphatic carbocycles. The third-order valence-corrected chi connectivity index (χ3v) is 6.01. The summed E-state index contributed by atoms with van der Waals surface area (Å²) in [5, 5.41) is 2.39. The largest absolute Gasteiger partial charge is 1.00 e. The van der Waals surface area contributed by atoms with E-state index in [-0.39, 0.29) is 80.7 Å². The maximum Gasteiger partial charge on any atom is 1.00 e. The summed E-state index contributed by atoms with van der Waals surface area (Å²) < 4.78 is 51.6. The summed E-state index contributed by atoms with van der Waals surface area (Å²) in [6.07, 6.45) is -0.915. The molecule has 3 aromatic rings. The number of anilines is 1. The van der Waals surface area contributed by atoms with E-state index in [1.54, 1.807) is 20.8 Å². The molecule has 0 saturated heterocycles. The van der Waals surface area contributed by atoms with Gasteiger partial charge in [-0.3, -0.25) is 5.32 Å². The molecule has 10 heteroatoms. The molecule has 0 aliphatic heterocycles.